The Morgan fingerprint density at radius 2 is 2.19 bits per heavy atom. The molecule has 0 saturated carbocycles. The lowest BCUT2D eigenvalue weighted by Gasteiger charge is -1.96. The van der Waals surface area contributed by atoms with Gasteiger partial charge in [-0.25, -0.2) is 0 Å². The van der Waals surface area contributed by atoms with E-state index in [1.807, 2.05) is 0 Å². The molecule has 0 unspecified atom stereocenters. The summed E-state index contributed by atoms with van der Waals surface area (Å²) in [7, 11) is 0. The molecule has 0 aliphatic rings. The first-order chi connectivity index (χ1) is 7.65. The first-order valence-corrected chi connectivity index (χ1v) is 4.66. The molecule has 7 nitrogen and oxygen atoms in total. The van der Waals surface area contributed by atoms with Crippen molar-refractivity contribution in [2.45, 2.75) is 20.4 Å². The SMILES string of the molecule is Cc1noc(CNC(=O)c2cc(C)on2)n1. The van der Waals surface area contributed by atoms with Crippen molar-refractivity contribution in [1.82, 2.24) is 20.6 Å². The van der Waals surface area contributed by atoms with Crippen molar-refractivity contribution in [1.29, 1.82) is 0 Å². The molecule has 0 bridgehead atoms. The molecule has 2 heterocycles. The Balaban J connectivity index is 1.93. The molecule has 1 N–H and O–H groups in total. The van der Waals surface area contributed by atoms with Gasteiger partial charge in [0.15, 0.2) is 11.5 Å². The van der Waals surface area contributed by atoms with E-state index in [1.165, 1.54) is 0 Å². The normalized spacial score (nSPS) is 10.4. The molecule has 1 amide bonds. The maximum Gasteiger partial charge on any atom is 0.273 e. The van der Waals surface area contributed by atoms with Gasteiger partial charge in [0.1, 0.15) is 5.76 Å². The zero-order valence-electron chi connectivity index (χ0n) is 8.85. The number of hydrogen-bond acceptors (Lipinski definition) is 6. The highest BCUT2D eigenvalue weighted by Gasteiger charge is 2.11. The summed E-state index contributed by atoms with van der Waals surface area (Å²) < 4.78 is 9.62. The van der Waals surface area contributed by atoms with E-state index >= 15 is 0 Å². The van der Waals surface area contributed by atoms with Crippen LogP contribution in [0.2, 0.25) is 0 Å². The molecule has 0 aromatic carbocycles. The molecule has 84 valence electrons. The average molecular weight is 222 g/mol. The zero-order valence-corrected chi connectivity index (χ0v) is 8.85. The predicted octanol–water partition coefficient (Wildman–Crippen LogP) is 0.604. The van der Waals surface area contributed by atoms with Crippen LogP contribution in [0.15, 0.2) is 15.1 Å². The molecular formula is C9H10N4O3. The van der Waals surface area contributed by atoms with Crippen LogP contribution in [0.5, 0.6) is 0 Å². The summed E-state index contributed by atoms with van der Waals surface area (Å²) >= 11 is 0. The first kappa shape index (κ1) is 10.3. The molecule has 0 aliphatic carbocycles. The fourth-order valence-corrected chi connectivity index (χ4v) is 1.13. The van der Waals surface area contributed by atoms with Crippen LogP contribution in [0.3, 0.4) is 0 Å². The van der Waals surface area contributed by atoms with Crippen molar-refractivity contribution in [3.8, 4) is 0 Å². The zero-order chi connectivity index (χ0) is 11.5. The van der Waals surface area contributed by atoms with E-state index in [1.54, 1.807) is 19.9 Å². The van der Waals surface area contributed by atoms with Crippen molar-refractivity contribution < 1.29 is 13.8 Å². The summed E-state index contributed by atoms with van der Waals surface area (Å²) in [5.41, 5.74) is 0.230. The summed E-state index contributed by atoms with van der Waals surface area (Å²) in [6.07, 6.45) is 0. The summed E-state index contributed by atoms with van der Waals surface area (Å²) in [6.45, 7) is 3.59. The predicted molar refractivity (Wildman–Crippen MR) is 51.4 cm³/mol. The molecule has 0 atom stereocenters. The molecule has 0 spiro atoms. The van der Waals surface area contributed by atoms with Gasteiger partial charge in [0.2, 0.25) is 5.89 Å². The Hall–Kier alpha value is -2.18. The van der Waals surface area contributed by atoms with Gasteiger partial charge in [-0.3, -0.25) is 4.79 Å². The lowest BCUT2D eigenvalue weighted by molar-refractivity contribution is 0.0937. The highest BCUT2D eigenvalue weighted by molar-refractivity contribution is 5.92. The van der Waals surface area contributed by atoms with Crippen LogP contribution in [-0.2, 0) is 6.54 Å². The van der Waals surface area contributed by atoms with Crippen LogP contribution in [0.4, 0.5) is 0 Å². The van der Waals surface area contributed by atoms with Gasteiger partial charge in [-0.2, -0.15) is 4.98 Å². The quantitative estimate of drug-likeness (QED) is 0.817. The van der Waals surface area contributed by atoms with E-state index < -0.39 is 0 Å². The fraction of sp³-hybridized carbons (Fsp3) is 0.333. The van der Waals surface area contributed by atoms with E-state index in [-0.39, 0.29) is 18.1 Å². The van der Waals surface area contributed by atoms with Crippen LogP contribution < -0.4 is 5.32 Å². The van der Waals surface area contributed by atoms with Crippen LogP contribution in [0.1, 0.15) is 28.0 Å². The average Bonchev–Trinajstić information content (AvgIpc) is 2.84. The lowest BCUT2D eigenvalue weighted by Crippen LogP contribution is -2.23. The smallest absolute Gasteiger partial charge is 0.273 e. The second-order valence-corrected chi connectivity index (χ2v) is 3.24. The number of carbonyl (C=O) groups is 1. The number of amides is 1. The Labute approximate surface area is 90.8 Å². The minimum atomic E-state index is -0.340. The minimum Gasteiger partial charge on any atom is -0.361 e. The van der Waals surface area contributed by atoms with Crippen molar-refractivity contribution in [3.63, 3.8) is 0 Å². The van der Waals surface area contributed by atoms with Gasteiger partial charge < -0.3 is 14.4 Å². The number of carbonyl (C=O) groups excluding carboxylic acids is 1. The van der Waals surface area contributed by atoms with Crippen molar-refractivity contribution in [3.05, 3.63) is 29.2 Å². The highest BCUT2D eigenvalue weighted by Crippen LogP contribution is 2.02. The minimum absolute atomic E-state index is 0.172. The van der Waals surface area contributed by atoms with Crippen molar-refractivity contribution in [2.75, 3.05) is 0 Å². The molecule has 0 radical (unpaired) electrons. The standard InChI is InChI=1S/C9H10N4O3/c1-5-3-7(13-15-5)9(14)10-4-8-11-6(2)12-16-8/h3H,4H2,1-2H3,(H,10,14). The van der Waals surface area contributed by atoms with Crippen molar-refractivity contribution in [2.24, 2.45) is 0 Å². The van der Waals surface area contributed by atoms with Crippen LogP contribution in [0, 0.1) is 13.8 Å². The third-order valence-corrected chi connectivity index (χ3v) is 1.83. The van der Waals surface area contributed by atoms with E-state index in [2.05, 4.69) is 20.6 Å². The third-order valence-electron chi connectivity index (χ3n) is 1.83. The van der Waals surface area contributed by atoms with Crippen LogP contribution >= 0.6 is 0 Å². The number of nitrogens with one attached hydrogen (secondary N) is 1. The summed E-state index contributed by atoms with van der Waals surface area (Å²) in [4.78, 5) is 15.5. The van der Waals surface area contributed by atoms with Crippen LogP contribution in [0.25, 0.3) is 0 Å². The summed E-state index contributed by atoms with van der Waals surface area (Å²) in [5, 5.41) is 9.76. The third kappa shape index (κ3) is 2.25. The topological polar surface area (TPSA) is 94.1 Å². The molecule has 0 fully saturated rings. The van der Waals surface area contributed by atoms with Gasteiger partial charge in [0.25, 0.3) is 5.91 Å². The van der Waals surface area contributed by atoms with Crippen LogP contribution in [-0.4, -0.2) is 21.2 Å². The Bertz CT molecular complexity index is 502. The molecular weight excluding hydrogens is 212 g/mol. The van der Waals surface area contributed by atoms with E-state index in [0.717, 1.165) is 0 Å². The fourth-order valence-electron chi connectivity index (χ4n) is 1.13. The van der Waals surface area contributed by atoms with E-state index in [9.17, 15) is 4.79 Å². The monoisotopic (exact) mass is 222 g/mol. The van der Waals surface area contributed by atoms with Gasteiger partial charge in [0, 0.05) is 6.07 Å². The first-order valence-electron chi connectivity index (χ1n) is 4.66. The number of nitrogens with zero attached hydrogens (tertiary/aromatic N) is 3. The molecule has 2 rings (SSSR count). The second kappa shape index (κ2) is 4.13. The molecule has 2 aromatic rings. The molecule has 0 aliphatic heterocycles. The van der Waals surface area contributed by atoms with Gasteiger partial charge in [0.05, 0.1) is 6.54 Å². The second-order valence-electron chi connectivity index (χ2n) is 3.24. The maximum atomic E-state index is 11.5. The van der Waals surface area contributed by atoms with E-state index in [0.29, 0.717) is 17.5 Å². The summed E-state index contributed by atoms with van der Waals surface area (Å²) in [5.74, 6) is 1.12. The lowest BCUT2D eigenvalue weighted by atomic mass is 10.3. The van der Waals surface area contributed by atoms with E-state index in [4.69, 9.17) is 9.05 Å². The molecule has 7 heteroatoms. The largest absolute Gasteiger partial charge is 0.361 e. The number of aryl methyl sites for hydroxylation is 2. The van der Waals surface area contributed by atoms with Gasteiger partial charge in [-0.15, -0.1) is 0 Å². The summed E-state index contributed by atoms with van der Waals surface area (Å²) in [6, 6.07) is 1.55. The Morgan fingerprint density at radius 3 is 2.75 bits per heavy atom. The van der Waals surface area contributed by atoms with Gasteiger partial charge >= 0.3 is 0 Å². The number of aromatic nitrogens is 3. The maximum absolute atomic E-state index is 11.5. The Kier molecular flexibility index (Phi) is 2.67. The van der Waals surface area contributed by atoms with Gasteiger partial charge in [-0.1, -0.05) is 10.3 Å². The number of hydrogen-bond donors (Lipinski definition) is 1. The molecule has 2 aromatic heterocycles. The molecule has 0 saturated heterocycles. The Morgan fingerprint density at radius 1 is 1.38 bits per heavy atom. The number of rotatable bonds is 3. The van der Waals surface area contributed by atoms with Crippen molar-refractivity contribution >= 4 is 5.91 Å². The van der Waals surface area contributed by atoms with Gasteiger partial charge in [-0.05, 0) is 13.8 Å². The highest BCUT2D eigenvalue weighted by atomic mass is 16.5. The molecule has 16 heavy (non-hydrogen) atoms.